The highest BCUT2D eigenvalue weighted by Crippen LogP contribution is 2.23. The van der Waals surface area contributed by atoms with Crippen LogP contribution in [0.15, 0.2) is 43.0 Å². The van der Waals surface area contributed by atoms with E-state index in [2.05, 4.69) is 19.9 Å². The predicted octanol–water partition coefficient (Wildman–Crippen LogP) is 2.84. The predicted molar refractivity (Wildman–Crippen MR) is 89.1 cm³/mol. The number of rotatable bonds is 4. The second-order valence-electron chi connectivity index (χ2n) is 5.23. The van der Waals surface area contributed by atoms with Gasteiger partial charge in [0.05, 0.1) is 31.7 Å². The molecular formula is C16H12ClFN6O. The first kappa shape index (κ1) is 15.5. The summed E-state index contributed by atoms with van der Waals surface area (Å²) < 4.78 is 22.0. The van der Waals surface area contributed by atoms with Gasteiger partial charge in [-0.3, -0.25) is 4.40 Å². The molecule has 0 atom stereocenters. The average Bonchev–Trinajstić information content (AvgIpc) is 3.20. The summed E-state index contributed by atoms with van der Waals surface area (Å²) in [7, 11) is 1.53. The van der Waals surface area contributed by atoms with Crippen LogP contribution in [-0.2, 0) is 6.54 Å². The number of hydrogen-bond acceptors (Lipinski definition) is 5. The first-order valence-electron chi connectivity index (χ1n) is 7.36. The Morgan fingerprint density at radius 1 is 1.24 bits per heavy atom. The fourth-order valence-corrected chi connectivity index (χ4v) is 2.76. The minimum Gasteiger partial charge on any atom is -0.480 e. The van der Waals surface area contributed by atoms with E-state index in [-0.39, 0.29) is 0 Å². The Hall–Kier alpha value is -3.00. The molecule has 0 amide bonds. The van der Waals surface area contributed by atoms with Crippen LogP contribution >= 0.6 is 11.6 Å². The summed E-state index contributed by atoms with van der Waals surface area (Å²) in [5, 5.41) is 0.447. The van der Waals surface area contributed by atoms with E-state index in [0.29, 0.717) is 40.4 Å². The van der Waals surface area contributed by atoms with Gasteiger partial charge in [0.25, 0.3) is 0 Å². The van der Waals surface area contributed by atoms with Gasteiger partial charge < -0.3 is 9.30 Å². The number of fused-ring (bicyclic) bond motifs is 1. The Balaban J connectivity index is 1.73. The van der Waals surface area contributed by atoms with E-state index in [1.54, 1.807) is 45.9 Å². The summed E-state index contributed by atoms with van der Waals surface area (Å²) in [5.74, 6) is 0.407. The topological polar surface area (TPSA) is 70.1 Å². The molecule has 9 heteroatoms. The molecule has 0 aromatic carbocycles. The zero-order valence-corrected chi connectivity index (χ0v) is 13.9. The molecule has 0 radical (unpaired) electrons. The van der Waals surface area contributed by atoms with Gasteiger partial charge in [0.2, 0.25) is 11.8 Å². The Bertz CT molecular complexity index is 1060. The maximum Gasteiger partial charge on any atom is 0.230 e. The van der Waals surface area contributed by atoms with E-state index >= 15 is 0 Å². The zero-order valence-electron chi connectivity index (χ0n) is 13.1. The molecule has 7 nitrogen and oxygen atoms in total. The van der Waals surface area contributed by atoms with Crippen molar-refractivity contribution in [3.8, 4) is 17.4 Å². The van der Waals surface area contributed by atoms with Gasteiger partial charge in [0, 0.05) is 12.4 Å². The molecular weight excluding hydrogens is 347 g/mol. The molecule has 0 aliphatic rings. The van der Waals surface area contributed by atoms with Crippen LogP contribution in [0, 0.1) is 5.95 Å². The van der Waals surface area contributed by atoms with Crippen LogP contribution in [0.1, 0.15) is 5.69 Å². The van der Waals surface area contributed by atoms with E-state index in [0.717, 1.165) is 0 Å². The van der Waals surface area contributed by atoms with Gasteiger partial charge >= 0.3 is 0 Å². The van der Waals surface area contributed by atoms with Gasteiger partial charge in [-0.1, -0.05) is 17.7 Å². The SMILES string of the molecule is COc1cn2c(Cl)c(Cn3ccnc3-c3cccc(F)n3)nc2cn1. The highest BCUT2D eigenvalue weighted by atomic mass is 35.5. The minimum atomic E-state index is -0.559. The largest absolute Gasteiger partial charge is 0.480 e. The Kier molecular flexibility index (Phi) is 3.81. The summed E-state index contributed by atoms with van der Waals surface area (Å²) in [6, 6.07) is 4.57. The third-order valence-electron chi connectivity index (χ3n) is 3.68. The Morgan fingerprint density at radius 3 is 2.92 bits per heavy atom. The maximum absolute atomic E-state index is 13.4. The summed E-state index contributed by atoms with van der Waals surface area (Å²) >= 11 is 6.43. The van der Waals surface area contributed by atoms with Crippen molar-refractivity contribution < 1.29 is 9.13 Å². The van der Waals surface area contributed by atoms with Gasteiger partial charge in [0.1, 0.15) is 10.8 Å². The molecule has 0 fully saturated rings. The van der Waals surface area contributed by atoms with Gasteiger partial charge in [-0.15, -0.1) is 0 Å². The van der Waals surface area contributed by atoms with Crippen molar-refractivity contribution in [2.75, 3.05) is 7.11 Å². The average molecular weight is 359 g/mol. The number of halogens is 2. The van der Waals surface area contributed by atoms with E-state index in [4.69, 9.17) is 16.3 Å². The standard InChI is InChI=1S/C16H12ClFN6O/c1-25-14-9-24-13(7-20-14)22-11(15(24)17)8-23-6-5-19-16(23)10-3-2-4-12(18)21-10/h2-7,9H,8H2,1H3. The fraction of sp³-hybridized carbons (Fsp3) is 0.125. The molecule has 0 aliphatic carbocycles. The normalized spacial score (nSPS) is 11.2. The number of aromatic nitrogens is 6. The summed E-state index contributed by atoms with van der Waals surface area (Å²) in [5.41, 5.74) is 1.67. The van der Waals surface area contributed by atoms with Crippen molar-refractivity contribution >= 4 is 17.2 Å². The third kappa shape index (κ3) is 2.80. The van der Waals surface area contributed by atoms with Crippen LogP contribution in [0.4, 0.5) is 4.39 Å². The van der Waals surface area contributed by atoms with Crippen LogP contribution in [0.2, 0.25) is 5.15 Å². The van der Waals surface area contributed by atoms with Crippen LogP contribution in [0.3, 0.4) is 0 Å². The Labute approximate surface area is 146 Å². The van der Waals surface area contributed by atoms with Gasteiger partial charge in [-0.2, -0.15) is 4.39 Å². The number of methoxy groups -OCH3 is 1. The first-order valence-corrected chi connectivity index (χ1v) is 7.74. The van der Waals surface area contributed by atoms with Crippen molar-refractivity contribution in [1.29, 1.82) is 0 Å². The number of hydrogen-bond donors (Lipinski definition) is 0. The molecule has 0 unspecified atom stereocenters. The molecule has 0 saturated carbocycles. The molecule has 126 valence electrons. The maximum atomic E-state index is 13.4. The molecule has 4 heterocycles. The smallest absolute Gasteiger partial charge is 0.230 e. The lowest BCUT2D eigenvalue weighted by molar-refractivity contribution is 0.395. The lowest BCUT2D eigenvalue weighted by Crippen LogP contribution is -2.03. The number of ether oxygens (including phenoxy) is 1. The monoisotopic (exact) mass is 358 g/mol. The summed E-state index contributed by atoms with van der Waals surface area (Å²) in [4.78, 5) is 16.7. The summed E-state index contributed by atoms with van der Waals surface area (Å²) in [6.07, 6.45) is 6.63. The van der Waals surface area contributed by atoms with Crippen molar-refractivity contribution in [3.05, 3.63) is 59.8 Å². The third-order valence-corrected chi connectivity index (χ3v) is 4.08. The van der Waals surface area contributed by atoms with Crippen molar-refractivity contribution in [3.63, 3.8) is 0 Å². The molecule has 4 rings (SSSR count). The number of imidazole rings is 2. The lowest BCUT2D eigenvalue weighted by atomic mass is 10.3. The molecule has 0 spiro atoms. The van der Waals surface area contributed by atoms with E-state index in [9.17, 15) is 4.39 Å². The van der Waals surface area contributed by atoms with Crippen molar-refractivity contribution in [2.24, 2.45) is 0 Å². The van der Waals surface area contributed by atoms with Crippen LogP contribution < -0.4 is 4.74 Å². The van der Waals surface area contributed by atoms with Crippen molar-refractivity contribution in [2.45, 2.75) is 6.54 Å². The fourth-order valence-electron chi connectivity index (χ4n) is 2.53. The Morgan fingerprint density at radius 2 is 2.12 bits per heavy atom. The molecule has 0 N–H and O–H groups in total. The molecule has 4 aromatic heterocycles. The van der Waals surface area contributed by atoms with Gasteiger partial charge in [-0.05, 0) is 12.1 Å². The second-order valence-corrected chi connectivity index (χ2v) is 5.59. The summed E-state index contributed by atoms with van der Waals surface area (Å²) in [6.45, 7) is 0.357. The molecule has 0 bridgehead atoms. The molecule has 25 heavy (non-hydrogen) atoms. The van der Waals surface area contributed by atoms with Crippen LogP contribution in [0.25, 0.3) is 17.2 Å². The highest BCUT2D eigenvalue weighted by molar-refractivity contribution is 6.30. The zero-order chi connectivity index (χ0) is 17.4. The number of pyridine rings is 1. The van der Waals surface area contributed by atoms with Gasteiger partial charge in [0.15, 0.2) is 11.5 Å². The molecule has 4 aromatic rings. The minimum absolute atomic E-state index is 0.357. The van der Waals surface area contributed by atoms with Crippen LogP contribution in [0.5, 0.6) is 5.88 Å². The lowest BCUT2D eigenvalue weighted by Gasteiger charge is -2.06. The highest BCUT2D eigenvalue weighted by Gasteiger charge is 2.15. The van der Waals surface area contributed by atoms with E-state index in [1.165, 1.54) is 13.2 Å². The second kappa shape index (κ2) is 6.14. The number of nitrogens with zero attached hydrogens (tertiary/aromatic N) is 6. The van der Waals surface area contributed by atoms with Crippen LogP contribution in [-0.4, -0.2) is 36.0 Å². The van der Waals surface area contributed by atoms with Gasteiger partial charge in [-0.25, -0.2) is 19.9 Å². The quantitative estimate of drug-likeness (QED) is 0.525. The molecule has 0 aliphatic heterocycles. The first-order chi connectivity index (χ1) is 12.2. The molecule has 0 saturated heterocycles. The van der Waals surface area contributed by atoms with E-state index < -0.39 is 5.95 Å². The van der Waals surface area contributed by atoms with E-state index in [1.807, 2.05) is 0 Å². The van der Waals surface area contributed by atoms with Crippen molar-refractivity contribution in [1.82, 2.24) is 28.9 Å².